The van der Waals surface area contributed by atoms with Gasteiger partial charge in [0.1, 0.15) is 5.75 Å². The first-order valence-electron chi connectivity index (χ1n) is 11.2. The zero-order chi connectivity index (χ0) is 23.3. The molecule has 1 N–H and O–H groups in total. The Balaban J connectivity index is 1.47. The van der Waals surface area contributed by atoms with Crippen LogP contribution in [-0.2, 0) is 9.59 Å². The lowest BCUT2D eigenvalue weighted by atomic mass is 9.94. The molecule has 0 bridgehead atoms. The van der Waals surface area contributed by atoms with Gasteiger partial charge < -0.3 is 19.9 Å². The quantitative estimate of drug-likeness (QED) is 0.695. The summed E-state index contributed by atoms with van der Waals surface area (Å²) >= 11 is 6.07. The Hall–Kier alpha value is -2.32. The van der Waals surface area contributed by atoms with Crippen molar-refractivity contribution in [3.8, 4) is 5.75 Å². The monoisotopic (exact) mass is 464 g/mol. The fourth-order valence-electron chi connectivity index (χ4n) is 4.30. The van der Waals surface area contributed by atoms with Gasteiger partial charge in [0.05, 0.1) is 19.2 Å². The number of methoxy groups -OCH3 is 1. The molecule has 0 spiro atoms. The molecule has 0 aromatic heterocycles. The molecule has 0 atom stereocenters. The summed E-state index contributed by atoms with van der Waals surface area (Å²) in [6, 6.07) is 5.14. The van der Waals surface area contributed by atoms with Gasteiger partial charge >= 0.3 is 0 Å². The molecular weight excluding hydrogens is 432 g/mol. The number of piperazine rings is 1. The van der Waals surface area contributed by atoms with E-state index in [9.17, 15) is 14.4 Å². The predicted molar refractivity (Wildman–Crippen MR) is 123 cm³/mol. The Morgan fingerprint density at radius 3 is 2.31 bits per heavy atom. The van der Waals surface area contributed by atoms with Gasteiger partial charge in [-0.05, 0) is 44.9 Å². The standard InChI is InChI=1S/C23H33ClN4O4/c1-16(2)25-21(29)15-26-10-12-28(13-11-26)22(30)17-6-8-27(9-7-17)23(31)19-14-18(24)4-5-20(19)32-3/h4-5,14,16-17H,6-13,15H2,1-3H3,(H,25,29). The number of amides is 3. The number of hydrogen-bond donors (Lipinski definition) is 1. The number of nitrogens with one attached hydrogen (secondary N) is 1. The predicted octanol–water partition coefficient (Wildman–Crippen LogP) is 1.87. The van der Waals surface area contributed by atoms with E-state index in [-0.39, 0.29) is 29.7 Å². The molecule has 0 unspecified atom stereocenters. The van der Waals surface area contributed by atoms with E-state index in [0.29, 0.717) is 75.0 Å². The van der Waals surface area contributed by atoms with E-state index in [4.69, 9.17) is 16.3 Å². The van der Waals surface area contributed by atoms with Crippen LogP contribution in [0.15, 0.2) is 18.2 Å². The van der Waals surface area contributed by atoms with Gasteiger partial charge in [-0.15, -0.1) is 0 Å². The zero-order valence-corrected chi connectivity index (χ0v) is 19.9. The maximum Gasteiger partial charge on any atom is 0.257 e. The molecule has 0 aliphatic carbocycles. The van der Waals surface area contributed by atoms with Crippen LogP contribution in [0.2, 0.25) is 5.02 Å². The molecule has 1 aromatic rings. The lowest BCUT2D eigenvalue weighted by Crippen LogP contribution is -2.53. The number of likely N-dealkylation sites (tertiary alicyclic amines) is 1. The summed E-state index contributed by atoms with van der Waals surface area (Å²) in [5.74, 6) is 0.481. The summed E-state index contributed by atoms with van der Waals surface area (Å²) in [5, 5.41) is 3.39. The van der Waals surface area contributed by atoms with Crippen LogP contribution in [0.5, 0.6) is 5.75 Å². The lowest BCUT2D eigenvalue weighted by Gasteiger charge is -2.38. The van der Waals surface area contributed by atoms with Crippen molar-refractivity contribution in [2.24, 2.45) is 5.92 Å². The van der Waals surface area contributed by atoms with E-state index in [1.165, 1.54) is 7.11 Å². The number of carbonyl (C=O) groups excluding carboxylic acids is 3. The number of benzene rings is 1. The van der Waals surface area contributed by atoms with Crippen molar-refractivity contribution in [3.05, 3.63) is 28.8 Å². The Labute approximate surface area is 194 Å². The van der Waals surface area contributed by atoms with E-state index in [2.05, 4.69) is 10.2 Å². The fourth-order valence-corrected chi connectivity index (χ4v) is 4.47. The minimum atomic E-state index is -0.122. The van der Waals surface area contributed by atoms with Crippen LogP contribution >= 0.6 is 11.6 Å². The third-order valence-corrected chi connectivity index (χ3v) is 6.26. The molecule has 176 valence electrons. The highest BCUT2D eigenvalue weighted by Crippen LogP contribution is 2.27. The Morgan fingerprint density at radius 2 is 1.72 bits per heavy atom. The van der Waals surface area contributed by atoms with Crippen LogP contribution in [-0.4, -0.2) is 91.4 Å². The van der Waals surface area contributed by atoms with E-state index in [1.807, 2.05) is 18.7 Å². The molecule has 1 aromatic carbocycles. The van der Waals surface area contributed by atoms with Gasteiger partial charge in [-0.1, -0.05) is 11.6 Å². The van der Waals surface area contributed by atoms with Crippen molar-refractivity contribution in [2.75, 3.05) is 52.9 Å². The van der Waals surface area contributed by atoms with E-state index in [1.54, 1.807) is 23.1 Å². The van der Waals surface area contributed by atoms with Crippen LogP contribution in [0.3, 0.4) is 0 Å². The first-order valence-corrected chi connectivity index (χ1v) is 11.6. The second-order valence-corrected chi connectivity index (χ2v) is 9.17. The zero-order valence-electron chi connectivity index (χ0n) is 19.1. The molecule has 0 radical (unpaired) electrons. The molecule has 2 saturated heterocycles. The van der Waals surface area contributed by atoms with Crippen molar-refractivity contribution in [1.29, 1.82) is 0 Å². The highest BCUT2D eigenvalue weighted by Gasteiger charge is 2.32. The largest absolute Gasteiger partial charge is 0.496 e. The van der Waals surface area contributed by atoms with Crippen LogP contribution in [0.25, 0.3) is 0 Å². The molecule has 3 amide bonds. The van der Waals surface area contributed by atoms with Crippen molar-refractivity contribution >= 4 is 29.3 Å². The van der Waals surface area contributed by atoms with Crippen LogP contribution in [0.1, 0.15) is 37.0 Å². The van der Waals surface area contributed by atoms with Gasteiger partial charge in [-0.2, -0.15) is 0 Å². The summed E-state index contributed by atoms with van der Waals surface area (Å²) in [5.41, 5.74) is 0.447. The molecule has 0 saturated carbocycles. The lowest BCUT2D eigenvalue weighted by molar-refractivity contribution is -0.138. The van der Waals surface area contributed by atoms with Crippen molar-refractivity contribution in [1.82, 2.24) is 20.0 Å². The highest BCUT2D eigenvalue weighted by molar-refractivity contribution is 6.31. The topological polar surface area (TPSA) is 82.2 Å². The van der Waals surface area contributed by atoms with E-state index >= 15 is 0 Å². The molecule has 2 fully saturated rings. The molecule has 8 nitrogen and oxygen atoms in total. The average Bonchev–Trinajstić information content (AvgIpc) is 2.78. The normalized spacial score (nSPS) is 18.0. The minimum absolute atomic E-state index is 0.0214. The van der Waals surface area contributed by atoms with Gasteiger partial charge in [0.25, 0.3) is 5.91 Å². The number of halogens is 1. The third-order valence-electron chi connectivity index (χ3n) is 6.02. The van der Waals surface area contributed by atoms with E-state index < -0.39 is 0 Å². The van der Waals surface area contributed by atoms with Crippen LogP contribution < -0.4 is 10.1 Å². The first kappa shape index (κ1) is 24.3. The molecule has 2 heterocycles. The maximum atomic E-state index is 13.0. The van der Waals surface area contributed by atoms with Gasteiger partial charge in [-0.3, -0.25) is 19.3 Å². The molecule has 3 rings (SSSR count). The summed E-state index contributed by atoms with van der Waals surface area (Å²) in [6.45, 7) is 7.97. The van der Waals surface area contributed by atoms with Crippen molar-refractivity contribution in [3.63, 3.8) is 0 Å². The Kier molecular flexibility index (Phi) is 8.37. The number of rotatable bonds is 6. The van der Waals surface area contributed by atoms with Crippen LogP contribution in [0, 0.1) is 5.92 Å². The number of hydrogen-bond acceptors (Lipinski definition) is 5. The second-order valence-electron chi connectivity index (χ2n) is 8.73. The Morgan fingerprint density at radius 1 is 1.06 bits per heavy atom. The third kappa shape index (κ3) is 6.13. The van der Waals surface area contributed by atoms with Gasteiger partial charge in [0, 0.05) is 56.3 Å². The average molecular weight is 465 g/mol. The Bertz CT molecular complexity index is 831. The molecule has 2 aliphatic rings. The van der Waals surface area contributed by atoms with Gasteiger partial charge in [0.2, 0.25) is 11.8 Å². The SMILES string of the molecule is COc1ccc(Cl)cc1C(=O)N1CCC(C(=O)N2CCN(CC(=O)NC(C)C)CC2)CC1. The maximum absolute atomic E-state index is 13.0. The number of carbonyl (C=O) groups is 3. The first-order chi connectivity index (χ1) is 15.3. The van der Waals surface area contributed by atoms with E-state index in [0.717, 1.165) is 0 Å². The summed E-state index contributed by atoms with van der Waals surface area (Å²) < 4.78 is 5.31. The number of nitrogens with zero attached hydrogens (tertiary/aromatic N) is 3. The smallest absolute Gasteiger partial charge is 0.257 e. The van der Waals surface area contributed by atoms with Crippen LogP contribution in [0.4, 0.5) is 0 Å². The molecule has 32 heavy (non-hydrogen) atoms. The van der Waals surface area contributed by atoms with Crippen molar-refractivity contribution < 1.29 is 19.1 Å². The number of piperidine rings is 1. The minimum Gasteiger partial charge on any atom is -0.496 e. The van der Waals surface area contributed by atoms with Gasteiger partial charge in [0.15, 0.2) is 0 Å². The number of ether oxygens (including phenoxy) is 1. The molecule has 9 heteroatoms. The summed E-state index contributed by atoms with van der Waals surface area (Å²) in [6.07, 6.45) is 1.29. The summed E-state index contributed by atoms with van der Waals surface area (Å²) in [7, 11) is 1.53. The van der Waals surface area contributed by atoms with Crippen molar-refractivity contribution in [2.45, 2.75) is 32.7 Å². The highest BCUT2D eigenvalue weighted by atomic mass is 35.5. The summed E-state index contributed by atoms with van der Waals surface area (Å²) in [4.78, 5) is 43.7. The molecule has 2 aliphatic heterocycles. The van der Waals surface area contributed by atoms with Gasteiger partial charge in [-0.25, -0.2) is 0 Å². The second kappa shape index (κ2) is 11.0. The molecular formula is C23H33ClN4O4. The fraction of sp³-hybridized carbons (Fsp3) is 0.609.